The van der Waals surface area contributed by atoms with E-state index in [1.165, 1.54) is 0 Å². The van der Waals surface area contributed by atoms with Gasteiger partial charge in [-0.25, -0.2) is 0 Å². The molecule has 0 aromatic carbocycles. The monoisotopic (exact) mass is 198 g/mol. The molecule has 0 N–H and O–H groups in total. The minimum atomic E-state index is -0.237. The molecule has 0 saturated carbocycles. The zero-order chi connectivity index (χ0) is 11.1. The Balaban J connectivity index is 4.08. The van der Waals surface area contributed by atoms with Crippen LogP contribution in [0.4, 0.5) is 0 Å². The van der Waals surface area contributed by atoms with Gasteiger partial charge in [-0.2, -0.15) is 0 Å². The first-order valence-electron chi connectivity index (χ1n) is 5.27. The highest BCUT2D eigenvalue weighted by molar-refractivity contribution is 5.83. The fraction of sp³-hybridized carbons (Fsp3) is 0.750. The topological polar surface area (TPSA) is 26.3 Å². The van der Waals surface area contributed by atoms with E-state index in [0.29, 0.717) is 13.0 Å². The SMILES string of the molecule is C=C(C)CCC(=O)C(OCC)C(C)C. The Morgan fingerprint density at radius 1 is 1.36 bits per heavy atom. The second-order valence-corrected chi connectivity index (χ2v) is 4.04. The Morgan fingerprint density at radius 2 is 1.93 bits per heavy atom. The maximum absolute atomic E-state index is 11.7. The van der Waals surface area contributed by atoms with Gasteiger partial charge in [-0.15, -0.1) is 6.58 Å². The van der Waals surface area contributed by atoms with Crippen LogP contribution in [-0.4, -0.2) is 18.5 Å². The van der Waals surface area contributed by atoms with Gasteiger partial charge < -0.3 is 4.74 Å². The highest BCUT2D eigenvalue weighted by Crippen LogP contribution is 2.12. The third-order valence-corrected chi connectivity index (χ3v) is 2.07. The molecule has 0 aromatic rings. The molecule has 0 fully saturated rings. The standard InChI is InChI=1S/C12H22O2/c1-6-14-12(10(4)5)11(13)8-7-9(2)3/h10,12H,2,6-8H2,1,3-5H3. The summed E-state index contributed by atoms with van der Waals surface area (Å²) in [5, 5.41) is 0. The summed E-state index contributed by atoms with van der Waals surface area (Å²) in [6.07, 6.45) is 1.09. The van der Waals surface area contributed by atoms with E-state index in [2.05, 4.69) is 6.58 Å². The summed E-state index contributed by atoms with van der Waals surface area (Å²) in [7, 11) is 0. The lowest BCUT2D eigenvalue weighted by Gasteiger charge is -2.19. The smallest absolute Gasteiger partial charge is 0.162 e. The van der Waals surface area contributed by atoms with Crippen molar-refractivity contribution in [2.75, 3.05) is 6.61 Å². The number of carbonyl (C=O) groups excluding carboxylic acids is 1. The van der Waals surface area contributed by atoms with Gasteiger partial charge in [-0.1, -0.05) is 19.4 Å². The van der Waals surface area contributed by atoms with Crippen molar-refractivity contribution in [3.8, 4) is 0 Å². The molecule has 0 aliphatic carbocycles. The minimum Gasteiger partial charge on any atom is -0.370 e. The molecule has 0 aliphatic heterocycles. The largest absolute Gasteiger partial charge is 0.370 e. The zero-order valence-electron chi connectivity index (χ0n) is 9.80. The van der Waals surface area contributed by atoms with Crippen LogP contribution in [0.25, 0.3) is 0 Å². The third kappa shape index (κ3) is 5.18. The van der Waals surface area contributed by atoms with Crippen LogP contribution in [0.1, 0.15) is 40.5 Å². The first-order valence-corrected chi connectivity index (χ1v) is 5.27. The molecule has 2 heteroatoms. The van der Waals surface area contributed by atoms with Crippen molar-refractivity contribution in [1.29, 1.82) is 0 Å². The van der Waals surface area contributed by atoms with Crippen molar-refractivity contribution in [2.24, 2.45) is 5.92 Å². The Kier molecular flexibility index (Phi) is 6.46. The Bertz CT molecular complexity index is 194. The minimum absolute atomic E-state index is 0.199. The molecular weight excluding hydrogens is 176 g/mol. The van der Waals surface area contributed by atoms with E-state index in [4.69, 9.17) is 4.74 Å². The summed E-state index contributed by atoms with van der Waals surface area (Å²) >= 11 is 0. The lowest BCUT2D eigenvalue weighted by Crippen LogP contribution is -2.29. The predicted octanol–water partition coefficient (Wildman–Crippen LogP) is 2.97. The van der Waals surface area contributed by atoms with Gasteiger partial charge in [-0.3, -0.25) is 4.79 Å². The molecule has 0 saturated heterocycles. The molecule has 0 amide bonds. The number of carbonyl (C=O) groups is 1. The number of ether oxygens (including phenoxy) is 1. The van der Waals surface area contributed by atoms with Gasteiger partial charge in [0, 0.05) is 13.0 Å². The normalized spacial score (nSPS) is 12.9. The highest BCUT2D eigenvalue weighted by atomic mass is 16.5. The lowest BCUT2D eigenvalue weighted by molar-refractivity contribution is -0.133. The second-order valence-electron chi connectivity index (χ2n) is 4.04. The van der Waals surface area contributed by atoms with Crippen molar-refractivity contribution >= 4 is 5.78 Å². The zero-order valence-corrected chi connectivity index (χ0v) is 9.80. The molecule has 14 heavy (non-hydrogen) atoms. The van der Waals surface area contributed by atoms with Crippen LogP contribution in [-0.2, 0) is 9.53 Å². The average molecular weight is 198 g/mol. The van der Waals surface area contributed by atoms with E-state index < -0.39 is 0 Å². The van der Waals surface area contributed by atoms with Crippen molar-refractivity contribution in [1.82, 2.24) is 0 Å². The van der Waals surface area contributed by atoms with Crippen molar-refractivity contribution in [3.05, 3.63) is 12.2 Å². The Hall–Kier alpha value is -0.630. The molecule has 0 bridgehead atoms. The van der Waals surface area contributed by atoms with Gasteiger partial charge in [0.05, 0.1) is 0 Å². The summed E-state index contributed by atoms with van der Waals surface area (Å²) in [5.74, 6) is 0.456. The van der Waals surface area contributed by atoms with E-state index in [-0.39, 0.29) is 17.8 Å². The molecule has 0 aromatic heterocycles. The van der Waals surface area contributed by atoms with E-state index in [9.17, 15) is 4.79 Å². The average Bonchev–Trinajstić information content (AvgIpc) is 2.09. The molecule has 0 rings (SSSR count). The van der Waals surface area contributed by atoms with Crippen LogP contribution in [0.15, 0.2) is 12.2 Å². The first kappa shape index (κ1) is 13.4. The molecular formula is C12H22O2. The summed E-state index contributed by atoms with van der Waals surface area (Å²) in [5.41, 5.74) is 1.05. The van der Waals surface area contributed by atoms with E-state index in [1.807, 2.05) is 27.7 Å². The quantitative estimate of drug-likeness (QED) is 0.588. The van der Waals surface area contributed by atoms with Gasteiger partial charge in [0.25, 0.3) is 0 Å². The number of ketones is 1. The van der Waals surface area contributed by atoms with E-state index >= 15 is 0 Å². The Labute approximate surface area is 87.3 Å². The molecule has 2 nitrogen and oxygen atoms in total. The predicted molar refractivity (Wildman–Crippen MR) is 59.3 cm³/mol. The van der Waals surface area contributed by atoms with Crippen LogP contribution in [0.2, 0.25) is 0 Å². The fourth-order valence-corrected chi connectivity index (χ4v) is 1.32. The Morgan fingerprint density at radius 3 is 2.29 bits per heavy atom. The molecule has 1 atom stereocenters. The van der Waals surface area contributed by atoms with Crippen molar-refractivity contribution < 1.29 is 9.53 Å². The molecule has 0 spiro atoms. The number of rotatable bonds is 7. The summed E-state index contributed by atoms with van der Waals surface area (Å²) < 4.78 is 5.42. The maximum Gasteiger partial charge on any atom is 0.162 e. The van der Waals surface area contributed by atoms with Crippen molar-refractivity contribution in [3.63, 3.8) is 0 Å². The van der Waals surface area contributed by atoms with Crippen LogP contribution < -0.4 is 0 Å². The van der Waals surface area contributed by atoms with Crippen LogP contribution >= 0.6 is 0 Å². The van der Waals surface area contributed by atoms with Crippen LogP contribution in [0.3, 0.4) is 0 Å². The number of hydrogen-bond donors (Lipinski definition) is 0. The maximum atomic E-state index is 11.7. The third-order valence-electron chi connectivity index (χ3n) is 2.07. The number of Topliss-reactive ketones (excluding diaryl/α,β-unsaturated/α-hetero) is 1. The summed E-state index contributed by atoms with van der Waals surface area (Å²) in [6, 6.07) is 0. The van der Waals surface area contributed by atoms with Gasteiger partial charge >= 0.3 is 0 Å². The molecule has 0 radical (unpaired) electrons. The van der Waals surface area contributed by atoms with E-state index in [0.717, 1.165) is 12.0 Å². The van der Waals surface area contributed by atoms with Gasteiger partial charge in [-0.05, 0) is 26.2 Å². The van der Waals surface area contributed by atoms with Gasteiger partial charge in [0.15, 0.2) is 5.78 Å². The highest BCUT2D eigenvalue weighted by Gasteiger charge is 2.21. The summed E-state index contributed by atoms with van der Waals surface area (Å²) in [4.78, 5) is 11.7. The van der Waals surface area contributed by atoms with E-state index in [1.54, 1.807) is 0 Å². The second kappa shape index (κ2) is 6.77. The number of hydrogen-bond acceptors (Lipinski definition) is 2. The molecule has 0 heterocycles. The number of allylic oxidation sites excluding steroid dienone is 1. The fourth-order valence-electron chi connectivity index (χ4n) is 1.32. The first-order chi connectivity index (χ1) is 6.49. The molecule has 82 valence electrons. The van der Waals surface area contributed by atoms with Gasteiger partial charge in [0.2, 0.25) is 0 Å². The van der Waals surface area contributed by atoms with Crippen LogP contribution in [0.5, 0.6) is 0 Å². The molecule has 0 aliphatic rings. The van der Waals surface area contributed by atoms with Crippen LogP contribution in [0, 0.1) is 5.92 Å². The lowest BCUT2D eigenvalue weighted by atomic mass is 9.98. The van der Waals surface area contributed by atoms with Gasteiger partial charge in [0.1, 0.15) is 6.10 Å². The van der Waals surface area contributed by atoms with Crippen molar-refractivity contribution in [2.45, 2.75) is 46.6 Å². The summed E-state index contributed by atoms with van der Waals surface area (Å²) in [6.45, 7) is 12.3. The molecule has 1 unspecified atom stereocenters.